The molecule has 4 aromatic carbocycles. The van der Waals surface area contributed by atoms with Crippen molar-refractivity contribution in [3.63, 3.8) is 0 Å². The van der Waals surface area contributed by atoms with Gasteiger partial charge in [0.05, 0.1) is 39.0 Å². The highest BCUT2D eigenvalue weighted by Gasteiger charge is 2.36. The first-order chi connectivity index (χ1) is 24.1. The lowest BCUT2D eigenvalue weighted by Crippen LogP contribution is -2.53. The van der Waals surface area contributed by atoms with Crippen LogP contribution < -0.4 is 28.6 Å². The molecular weight excluding hydrogens is 658 g/mol. The topological polar surface area (TPSA) is 124 Å². The first kappa shape index (κ1) is 37.6. The second kappa shape index (κ2) is 17.4. The summed E-state index contributed by atoms with van der Waals surface area (Å²) in [5.74, 6) is 0.110. The Kier molecular flexibility index (Phi) is 13.1. The number of carbonyl (C=O) groups excluding carboxylic acids is 2. The standard InChI is InChI=1S/C38H45N3O8S/c1-7-20-39-38(43)33(22-28-13-9-8-10-14-28)40(25-29-15-11-12-27(2)21-29)37(42)26-41(32-23-30(46-3)16-18-34(32)47-4)50(44,45)31-17-19-35(48-5)36(24-31)49-6/h8-19,21,23-24,33H,7,20,22,25-26H2,1-6H3,(H,39,43)/t33-/m0/s1. The molecule has 0 aliphatic carbocycles. The van der Waals surface area contributed by atoms with Gasteiger partial charge in [0.1, 0.15) is 24.1 Å². The van der Waals surface area contributed by atoms with Crippen molar-refractivity contribution in [3.8, 4) is 23.0 Å². The molecule has 1 N–H and O–H groups in total. The van der Waals surface area contributed by atoms with Crippen molar-refractivity contribution in [1.29, 1.82) is 0 Å². The van der Waals surface area contributed by atoms with Gasteiger partial charge in [-0.15, -0.1) is 0 Å². The number of aryl methyl sites for hydroxylation is 1. The molecule has 11 nitrogen and oxygen atoms in total. The lowest BCUT2D eigenvalue weighted by molar-refractivity contribution is -0.140. The zero-order valence-electron chi connectivity index (χ0n) is 29.3. The smallest absolute Gasteiger partial charge is 0.265 e. The van der Waals surface area contributed by atoms with Crippen LogP contribution in [-0.2, 0) is 32.6 Å². The molecule has 2 amide bonds. The van der Waals surface area contributed by atoms with Gasteiger partial charge in [0.15, 0.2) is 11.5 Å². The number of rotatable bonds is 17. The molecule has 0 aliphatic rings. The summed E-state index contributed by atoms with van der Waals surface area (Å²) in [5, 5.41) is 2.96. The van der Waals surface area contributed by atoms with Crippen molar-refractivity contribution in [2.45, 2.75) is 44.2 Å². The Bertz CT molecular complexity index is 1870. The summed E-state index contributed by atoms with van der Waals surface area (Å²) in [6, 6.07) is 25.0. The molecule has 266 valence electrons. The van der Waals surface area contributed by atoms with E-state index in [-0.39, 0.29) is 41.0 Å². The maximum atomic E-state index is 14.8. The van der Waals surface area contributed by atoms with Gasteiger partial charge in [-0.3, -0.25) is 13.9 Å². The van der Waals surface area contributed by atoms with Crippen LogP contribution in [0.3, 0.4) is 0 Å². The second-order valence-electron chi connectivity index (χ2n) is 11.6. The third-order valence-corrected chi connectivity index (χ3v) is 9.89. The number of methoxy groups -OCH3 is 4. The summed E-state index contributed by atoms with van der Waals surface area (Å²) in [5.41, 5.74) is 2.67. The zero-order valence-corrected chi connectivity index (χ0v) is 30.2. The number of nitrogens with zero attached hydrogens (tertiary/aromatic N) is 2. The van der Waals surface area contributed by atoms with Crippen LogP contribution in [0.25, 0.3) is 0 Å². The lowest BCUT2D eigenvalue weighted by Gasteiger charge is -2.34. The number of sulfonamides is 1. The van der Waals surface area contributed by atoms with Gasteiger partial charge < -0.3 is 29.2 Å². The summed E-state index contributed by atoms with van der Waals surface area (Å²) in [6.45, 7) is 3.69. The Morgan fingerprint density at radius 1 is 0.760 bits per heavy atom. The molecule has 4 aromatic rings. The van der Waals surface area contributed by atoms with Gasteiger partial charge in [0.2, 0.25) is 11.8 Å². The van der Waals surface area contributed by atoms with Gasteiger partial charge in [0.25, 0.3) is 10.0 Å². The number of amides is 2. The molecule has 1 atom stereocenters. The molecule has 0 aliphatic heterocycles. The molecule has 0 bridgehead atoms. The van der Waals surface area contributed by atoms with Crippen LogP contribution in [0.4, 0.5) is 5.69 Å². The molecule has 0 saturated carbocycles. The fraction of sp³-hybridized carbons (Fsp3) is 0.316. The zero-order chi connectivity index (χ0) is 36.3. The van der Waals surface area contributed by atoms with Crippen LogP contribution >= 0.6 is 0 Å². The van der Waals surface area contributed by atoms with Crippen LogP contribution in [0, 0.1) is 6.92 Å². The fourth-order valence-corrected chi connectivity index (χ4v) is 6.97. The molecule has 12 heteroatoms. The molecule has 0 aromatic heterocycles. The van der Waals surface area contributed by atoms with E-state index >= 15 is 0 Å². The van der Waals surface area contributed by atoms with Crippen molar-refractivity contribution >= 4 is 27.5 Å². The van der Waals surface area contributed by atoms with Crippen LogP contribution in [0.15, 0.2) is 95.9 Å². The largest absolute Gasteiger partial charge is 0.497 e. The van der Waals surface area contributed by atoms with E-state index in [0.717, 1.165) is 21.0 Å². The van der Waals surface area contributed by atoms with E-state index in [9.17, 15) is 18.0 Å². The quantitative estimate of drug-likeness (QED) is 0.155. The molecule has 50 heavy (non-hydrogen) atoms. The van der Waals surface area contributed by atoms with Gasteiger partial charge in [-0.1, -0.05) is 67.1 Å². The van der Waals surface area contributed by atoms with E-state index in [1.54, 1.807) is 12.1 Å². The number of carbonyl (C=O) groups is 2. The van der Waals surface area contributed by atoms with Crippen LogP contribution in [0.1, 0.15) is 30.0 Å². The van der Waals surface area contributed by atoms with Crippen LogP contribution in [0.2, 0.25) is 0 Å². The third kappa shape index (κ3) is 9.06. The minimum absolute atomic E-state index is 0.0526. The second-order valence-corrected chi connectivity index (χ2v) is 13.4. The van der Waals surface area contributed by atoms with Crippen molar-refractivity contribution in [3.05, 3.63) is 108 Å². The lowest BCUT2D eigenvalue weighted by atomic mass is 10.0. The van der Waals surface area contributed by atoms with E-state index in [0.29, 0.717) is 24.5 Å². The van der Waals surface area contributed by atoms with E-state index in [1.807, 2.05) is 68.4 Å². The summed E-state index contributed by atoms with van der Waals surface area (Å²) < 4.78 is 52.1. The molecule has 0 spiro atoms. The first-order valence-corrected chi connectivity index (χ1v) is 17.6. The summed E-state index contributed by atoms with van der Waals surface area (Å²) in [7, 11) is 1.23. The van der Waals surface area contributed by atoms with Crippen molar-refractivity contribution < 1.29 is 37.0 Å². The van der Waals surface area contributed by atoms with Crippen molar-refractivity contribution in [1.82, 2.24) is 10.2 Å². The van der Waals surface area contributed by atoms with Crippen molar-refractivity contribution in [2.75, 3.05) is 45.8 Å². The minimum atomic E-state index is -4.48. The van der Waals surface area contributed by atoms with E-state index < -0.39 is 28.5 Å². The Morgan fingerprint density at radius 2 is 1.44 bits per heavy atom. The molecule has 0 fully saturated rings. The third-order valence-electron chi connectivity index (χ3n) is 8.13. The first-order valence-electron chi connectivity index (χ1n) is 16.2. The molecular formula is C38H45N3O8S. The van der Waals surface area contributed by atoms with Gasteiger partial charge in [-0.25, -0.2) is 8.42 Å². The Labute approximate surface area is 294 Å². The monoisotopic (exact) mass is 703 g/mol. The molecule has 4 rings (SSSR count). The predicted molar refractivity (Wildman–Crippen MR) is 193 cm³/mol. The highest BCUT2D eigenvalue weighted by atomic mass is 32.2. The fourth-order valence-electron chi connectivity index (χ4n) is 5.54. The highest BCUT2D eigenvalue weighted by Crippen LogP contribution is 2.38. The Balaban J connectivity index is 1.89. The van der Waals surface area contributed by atoms with Gasteiger partial charge in [0, 0.05) is 31.6 Å². The predicted octanol–water partition coefficient (Wildman–Crippen LogP) is 5.39. The number of hydrogen-bond donors (Lipinski definition) is 1. The maximum Gasteiger partial charge on any atom is 0.265 e. The molecule has 0 unspecified atom stereocenters. The Hall–Kier alpha value is -5.23. The highest BCUT2D eigenvalue weighted by molar-refractivity contribution is 7.92. The van der Waals surface area contributed by atoms with Crippen LogP contribution in [0.5, 0.6) is 23.0 Å². The Morgan fingerprint density at radius 3 is 2.08 bits per heavy atom. The summed E-state index contributed by atoms with van der Waals surface area (Å²) in [6.07, 6.45) is 0.904. The van der Waals surface area contributed by atoms with E-state index in [1.165, 1.54) is 57.6 Å². The van der Waals surface area contributed by atoms with Gasteiger partial charge in [-0.05, 0) is 48.7 Å². The van der Waals surface area contributed by atoms with Gasteiger partial charge in [-0.2, -0.15) is 0 Å². The number of anilines is 1. The number of hydrogen-bond acceptors (Lipinski definition) is 8. The number of nitrogens with one attached hydrogen (secondary N) is 1. The molecule has 0 radical (unpaired) electrons. The van der Waals surface area contributed by atoms with E-state index in [2.05, 4.69) is 5.32 Å². The SMILES string of the molecule is CCCNC(=O)[C@H](Cc1ccccc1)N(Cc1cccc(C)c1)C(=O)CN(c1cc(OC)ccc1OC)S(=O)(=O)c1ccc(OC)c(OC)c1. The summed E-state index contributed by atoms with van der Waals surface area (Å²) in [4.78, 5) is 30.0. The van der Waals surface area contributed by atoms with Crippen LogP contribution in [-0.4, -0.2) is 72.7 Å². The number of benzene rings is 4. The molecule has 0 saturated heterocycles. The van der Waals surface area contributed by atoms with E-state index in [4.69, 9.17) is 18.9 Å². The molecule has 0 heterocycles. The maximum absolute atomic E-state index is 14.8. The average molecular weight is 704 g/mol. The number of ether oxygens (including phenoxy) is 4. The minimum Gasteiger partial charge on any atom is -0.497 e. The average Bonchev–Trinajstić information content (AvgIpc) is 3.13. The summed E-state index contributed by atoms with van der Waals surface area (Å²) >= 11 is 0. The normalized spacial score (nSPS) is 11.6. The van der Waals surface area contributed by atoms with Crippen molar-refractivity contribution in [2.24, 2.45) is 0 Å². The van der Waals surface area contributed by atoms with Gasteiger partial charge >= 0.3 is 0 Å².